The Hall–Kier alpha value is -2.87. The third-order valence-corrected chi connectivity index (χ3v) is 5.30. The van der Waals surface area contributed by atoms with E-state index in [1.807, 2.05) is 18.2 Å². The molecule has 1 amide bonds. The van der Waals surface area contributed by atoms with Crippen molar-refractivity contribution in [2.75, 3.05) is 0 Å². The topological polar surface area (TPSA) is 66.9 Å². The second-order valence-corrected chi connectivity index (χ2v) is 7.58. The lowest BCUT2D eigenvalue weighted by Gasteiger charge is -2.15. The van der Waals surface area contributed by atoms with Crippen molar-refractivity contribution in [1.29, 1.82) is 0 Å². The van der Waals surface area contributed by atoms with Crippen molar-refractivity contribution in [2.24, 2.45) is 0 Å². The van der Waals surface area contributed by atoms with Gasteiger partial charge in [-0.15, -0.1) is 0 Å². The summed E-state index contributed by atoms with van der Waals surface area (Å²) in [6, 6.07) is 9.98. The number of H-pyrrole nitrogens is 1. The normalized spacial score (nSPS) is 12.1. The number of carbonyl (C=O) groups excluding carboxylic acids is 1. The van der Waals surface area contributed by atoms with Crippen LogP contribution in [0.5, 0.6) is 0 Å². The van der Waals surface area contributed by atoms with Crippen LogP contribution in [0.2, 0.25) is 0 Å². The maximum absolute atomic E-state index is 13.8. The lowest BCUT2D eigenvalue weighted by Crippen LogP contribution is -2.27. The molecule has 2 aromatic carbocycles. The number of para-hydroxylation sites is 1. The van der Waals surface area contributed by atoms with E-state index in [2.05, 4.69) is 10.3 Å². The minimum atomic E-state index is -0.680. The standard InChI is InChI=1S/C22H23F2N3O2S/c1-14(16-11-10-15(23)13-18(16)24)25-20(28)9-3-2-6-12-27-21(29)17-7-4-5-8-19(17)26-22(27)30/h4-5,7-8,10-11,13-14H,2-3,6,9,12H2,1H3,(H,25,28)(H,26,30). The van der Waals surface area contributed by atoms with Gasteiger partial charge in [0, 0.05) is 24.6 Å². The van der Waals surface area contributed by atoms with Gasteiger partial charge >= 0.3 is 0 Å². The van der Waals surface area contributed by atoms with Crippen LogP contribution in [-0.4, -0.2) is 15.5 Å². The van der Waals surface area contributed by atoms with Crippen LogP contribution in [0, 0.1) is 16.4 Å². The lowest BCUT2D eigenvalue weighted by molar-refractivity contribution is -0.121. The van der Waals surface area contributed by atoms with E-state index in [-0.39, 0.29) is 23.5 Å². The molecule has 3 aromatic rings. The number of benzene rings is 2. The third kappa shape index (κ3) is 5.18. The number of unbranched alkanes of at least 4 members (excludes halogenated alkanes) is 2. The number of amides is 1. The summed E-state index contributed by atoms with van der Waals surface area (Å²) in [5.74, 6) is -1.54. The van der Waals surface area contributed by atoms with Crippen LogP contribution in [0.25, 0.3) is 10.9 Å². The lowest BCUT2D eigenvalue weighted by atomic mass is 10.1. The molecule has 30 heavy (non-hydrogen) atoms. The number of hydrogen-bond acceptors (Lipinski definition) is 3. The molecule has 1 aromatic heterocycles. The van der Waals surface area contributed by atoms with Crippen molar-refractivity contribution in [1.82, 2.24) is 14.9 Å². The Morgan fingerprint density at radius 3 is 2.70 bits per heavy atom. The van der Waals surface area contributed by atoms with E-state index < -0.39 is 17.7 Å². The summed E-state index contributed by atoms with van der Waals surface area (Å²) >= 11 is 5.29. The highest BCUT2D eigenvalue weighted by molar-refractivity contribution is 7.71. The zero-order valence-corrected chi connectivity index (χ0v) is 17.4. The first-order valence-electron chi connectivity index (χ1n) is 9.83. The number of aromatic nitrogens is 2. The zero-order chi connectivity index (χ0) is 21.7. The van der Waals surface area contributed by atoms with E-state index in [0.717, 1.165) is 12.5 Å². The molecule has 0 spiro atoms. The van der Waals surface area contributed by atoms with Crippen LogP contribution in [0.1, 0.15) is 44.2 Å². The van der Waals surface area contributed by atoms with Crippen molar-refractivity contribution >= 4 is 29.0 Å². The van der Waals surface area contributed by atoms with Crippen molar-refractivity contribution < 1.29 is 13.6 Å². The quantitative estimate of drug-likeness (QED) is 0.399. The molecule has 0 fully saturated rings. The van der Waals surface area contributed by atoms with E-state index in [4.69, 9.17) is 12.2 Å². The van der Waals surface area contributed by atoms with Crippen LogP contribution < -0.4 is 10.9 Å². The van der Waals surface area contributed by atoms with Crippen molar-refractivity contribution in [3.05, 3.63) is 74.8 Å². The van der Waals surface area contributed by atoms with Gasteiger partial charge in [-0.25, -0.2) is 8.78 Å². The molecule has 8 heteroatoms. The van der Waals surface area contributed by atoms with Crippen LogP contribution in [0.3, 0.4) is 0 Å². The van der Waals surface area contributed by atoms with Crippen molar-refractivity contribution in [3.63, 3.8) is 0 Å². The van der Waals surface area contributed by atoms with Gasteiger partial charge in [0.2, 0.25) is 5.91 Å². The fourth-order valence-corrected chi connectivity index (χ4v) is 3.66. The summed E-state index contributed by atoms with van der Waals surface area (Å²) in [6.07, 6.45) is 2.35. The first kappa shape index (κ1) is 21.8. The SMILES string of the molecule is CC(NC(=O)CCCCCn1c(=S)[nH]c2ccccc2c1=O)c1ccc(F)cc1F. The van der Waals surface area contributed by atoms with Gasteiger partial charge in [0.1, 0.15) is 11.6 Å². The molecule has 158 valence electrons. The molecule has 3 rings (SSSR count). The summed E-state index contributed by atoms with van der Waals surface area (Å²) in [7, 11) is 0. The Bertz CT molecular complexity index is 1170. The monoisotopic (exact) mass is 431 g/mol. The van der Waals surface area contributed by atoms with E-state index >= 15 is 0 Å². The average Bonchev–Trinajstić information content (AvgIpc) is 2.69. The van der Waals surface area contributed by atoms with Gasteiger partial charge in [-0.1, -0.05) is 24.6 Å². The molecule has 5 nitrogen and oxygen atoms in total. The predicted molar refractivity (Wildman–Crippen MR) is 115 cm³/mol. The summed E-state index contributed by atoms with van der Waals surface area (Å²) < 4.78 is 28.7. The first-order valence-corrected chi connectivity index (χ1v) is 10.2. The van der Waals surface area contributed by atoms with Gasteiger partial charge < -0.3 is 10.3 Å². The summed E-state index contributed by atoms with van der Waals surface area (Å²) in [5.41, 5.74) is 0.837. The van der Waals surface area contributed by atoms with Gasteiger partial charge in [0.05, 0.1) is 16.9 Å². The molecule has 1 atom stereocenters. The highest BCUT2D eigenvalue weighted by Crippen LogP contribution is 2.18. The van der Waals surface area contributed by atoms with Crippen LogP contribution in [0.15, 0.2) is 47.3 Å². The highest BCUT2D eigenvalue weighted by atomic mass is 32.1. The van der Waals surface area contributed by atoms with E-state index in [9.17, 15) is 18.4 Å². The van der Waals surface area contributed by atoms with E-state index in [1.165, 1.54) is 16.7 Å². The van der Waals surface area contributed by atoms with Gasteiger partial charge in [-0.05, 0) is 50.2 Å². The Morgan fingerprint density at radius 2 is 1.93 bits per heavy atom. The number of fused-ring (bicyclic) bond motifs is 1. The summed E-state index contributed by atoms with van der Waals surface area (Å²) in [6.45, 7) is 2.12. The molecule has 1 heterocycles. The molecule has 0 aliphatic heterocycles. The Labute approximate surface area is 177 Å². The molecule has 1 unspecified atom stereocenters. The number of carbonyl (C=O) groups is 1. The Morgan fingerprint density at radius 1 is 1.17 bits per heavy atom. The molecule has 0 aliphatic rings. The molecular formula is C22H23F2N3O2S. The van der Waals surface area contributed by atoms with E-state index in [1.54, 1.807) is 13.0 Å². The Balaban J connectivity index is 1.47. The van der Waals surface area contributed by atoms with Crippen LogP contribution in [0.4, 0.5) is 8.78 Å². The number of aromatic amines is 1. The molecule has 0 radical (unpaired) electrons. The van der Waals surface area contributed by atoms with Gasteiger partial charge in [0.15, 0.2) is 4.77 Å². The van der Waals surface area contributed by atoms with Gasteiger partial charge in [-0.3, -0.25) is 14.2 Å². The first-order chi connectivity index (χ1) is 14.4. The summed E-state index contributed by atoms with van der Waals surface area (Å²) in [4.78, 5) is 27.8. The molecular weight excluding hydrogens is 408 g/mol. The molecule has 0 saturated heterocycles. The fourth-order valence-electron chi connectivity index (χ4n) is 3.38. The van der Waals surface area contributed by atoms with Gasteiger partial charge in [0.25, 0.3) is 5.56 Å². The second kappa shape index (κ2) is 9.75. The number of hydrogen-bond donors (Lipinski definition) is 2. The minimum Gasteiger partial charge on any atom is -0.349 e. The highest BCUT2D eigenvalue weighted by Gasteiger charge is 2.14. The van der Waals surface area contributed by atoms with Crippen LogP contribution >= 0.6 is 12.2 Å². The Kier molecular flexibility index (Phi) is 7.10. The van der Waals surface area contributed by atoms with Crippen molar-refractivity contribution in [2.45, 2.75) is 45.2 Å². The second-order valence-electron chi connectivity index (χ2n) is 7.20. The minimum absolute atomic E-state index is 0.123. The maximum Gasteiger partial charge on any atom is 0.262 e. The van der Waals surface area contributed by atoms with Crippen LogP contribution in [-0.2, 0) is 11.3 Å². The molecule has 0 saturated carbocycles. The smallest absolute Gasteiger partial charge is 0.262 e. The maximum atomic E-state index is 13.8. The molecule has 0 aliphatic carbocycles. The van der Waals surface area contributed by atoms with Crippen molar-refractivity contribution in [3.8, 4) is 0 Å². The number of nitrogens with one attached hydrogen (secondary N) is 2. The summed E-state index contributed by atoms with van der Waals surface area (Å²) in [5, 5.41) is 3.32. The molecule has 0 bridgehead atoms. The number of rotatable bonds is 8. The number of nitrogens with zero attached hydrogens (tertiary/aromatic N) is 1. The van der Waals surface area contributed by atoms with E-state index in [0.29, 0.717) is 35.1 Å². The number of halogens is 2. The largest absolute Gasteiger partial charge is 0.349 e. The predicted octanol–water partition coefficient (Wildman–Crippen LogP) is 4.78. The third-order valence-electron chi connectivity index (χ3n) is 4.98. The molecule has 2 N–H and O–H groups in total. The fraction of sp³-hybridized carbons (Fsp3) is 0.318. The average molecular weight is 432 g/mol. The zero-order valence-electron chi connectivity index (χ0n) is 16.6. The van der Waals surface area contributed by atoms with Gasteiger partial charge in [-0.2, -0.15) is 0 Å².